The average molecular weight is 239 g/mol. The van der Waals surface area contributed by atoms with E-state index in [-0.39, 0.29) is 15.6 Å². The van der Waals surface area contributed by atoms with Gasteiger partial charge in [-0.05, 0) is 12.1 Å². The highest BCUT2D eigenvalue weighted by Crippen LogP contribution is 2.26. The van der Waals surface area contributed by atoms with Gasteiger partial charge < -0.3 is 0 Å². The average Bonchev–Trinajstić information content (AvgIpc) is 2.19. The van der Waals surface area contributed by atoms with Crippen LogP contribution in [0.3, 0.4) is 0 Å². The lowest BCUT2D eigenvalue weighted by molar-refractivity contribution is 0.0971. The van der Waals surface area contributed by atoms with Crippen molar-refractivity contribution in [2.24, 2.45) is 5.92 Å². The first-order valence-electron chi connectivity index (χ1n) is 3.89. The van der Waals surface area contributed by atoms with Crippen LogP contribution in [0.1, 0.15) is 10.4 Å². The third-order valence-electron chi connectivity index (χ3n) is 1.73. The molecule has 0 spiro atoms. The molecule has 0 aromatic heterocycles. The zero-order valence-corrected chi connectivity index (χ0v) is 8.88. The minimum Gasteiger partial charge on any atom is -0.291 e. The first-order valence-corrected chi connectivity index (χ1v) is 4.65. The lowest BCUT2D eigenvalue weighted by atomic mass is 10.0. The third kappa shape index (κ3) is 2.27. The molecule has 0 atom stereocenters. The number of benzene rings is 1. The van der Waals surface area contributed by atoms with Crippen LogP contribution in [0.25, 0.3) is 0 Å². The van der Waals surface area contributed by atoms with Gasteiger partial charge in [-0.15, -0.1) is 0 Å². The molecule has 0 amide bonds. The van der Waals surface area contributed by atoms with Gasteiger partial charge >= 0.3 is 0 Å². The highest BCUT2D eigenvalue weighted by atomic mass is 35.5. The minimum atomic E-state index is -1.37. The lowest BCUT2D eigenvalue weighted by Crippen LogP contribution is -2.12. The van der Waals surface area contributed by atoms with Crippen molar-refractivity contribution in [1.29, 1.82) is 10.5 Å². The van der Waals surface area contributed by atoms with E-state index in [1.165, 1.54) is 12.1 Å². The maximum Gasteiger partial charge on any atom is 0.197 e. The van der Waals surface area contributed by atoms with Crippen molar-refractivity contribution in [3.63, 3.8) is 0 Å². The summed E-state index contributed by atoms with van der Waals surface area (Å²) in [6.07, 6.45) is 0. The molecular weight excluding hydrogens is 235 g/mol. The van der Waals surface area contributed by atoms with Gasteiger partial charge in [-0.1, -0.05) is 29.3 Å². The predicted octanol–water partition coefficient (Wildman–Crippen LogP) is 2.84. The standard InChI is InChI=1S/C10H4Cl2N2O/c11-7-2-1-3-8(12)9(7)10(15)6(4-13)5-14/h1-3,6H. The Bertz CT molecular complexity index is 451. The van der Waals surface area contributed by atoms with E-state index in [0.29, 0.717) is 0 Å². The van der Waals surface area contributed by atoms with Gasteiger partial charge in [-0.25, -0.2) is 0 Å². The maximum absolute atomic E-state index is 11.6. The molecule has 0 N–H and O–H groups in total. The fourth-order valence-corrected chi connectivity index (χ4v) is 1.61. The summed E-state index contributed by atoms with van der Waals surface area (Å²) in [4.78, 5) is 11.6. The highest BCUT2D eigenvalue weighted by molar-refractivity contribution is 6.40. The van der Waals surface area contributed by atoms with Crippen LogP contribution in [0.2, 0.25) is 10.0 Å². The molecule has 0 aliphatic carbocycles. The first kappa shape index (κ1) is 11.5. The number of Topliss-reactive ketones (excluding diaryl/α,β-unsaturated/α-hetero) is 1. The minimum absolute atomic E-state index is 0.0222. The van der Waals surface area contributed by atoms with Crippen molar-refractivity contribution in [3.8, 4) is 12.1 Å². The van der Waals surface area contributed by atoms with Gasteiger partial charge in [0.1, 0.15) is 0 Å². The summed E-state index contributed by atoms with van der Waals surface area (Å²) in [6.45, 7) is 0. The lowest BCUT2D eigenvalue weighted by Gasteiger charge is -2.04. The predicted molar refractivity (Wildman–Crippen MR) is 55.5 cm³/mol. The fraction of sp³-hybridized carbons (Fsp3) is 0.100. The number of hydrogen-bond donors (Lipinski definition) is 0. The first-order chi connectivity index (χ1) is 7.11. The topological polar surface area (TPSA) is 64.7 Å². The summed E-state index contributed by atoms with van der Waals surface area (Å²) in [5, 5.41) is 17.4. The fourth-order valence-electron chi connectivity index (χ4n) is 1.02. The van der Waals surface area contributed by atoms with Crippen LogP contribution in [0, 0.1) is 28.6 Å². The smallest absolute Gasteiger partial charge is 0.197 e. The zero-order chi connectivity index (χ0) is 11.4. The largest absolute Gasteiger partial charge is 0.291 e. The van der Waals surface area contributed by atoms with Crippen molar-refractivity contribution in [1.82, 2.24) is 0 Å². The van der Waals surface area contributed by atoms with Gasteiger partial charge in [0.05, 0.1) is 27.7 Å². The van der Waals surface area contributed by atoms with E-state index in [1.807, 2.05) is 0 Å². The Morgan fingerprint density at radius 2 is 1.67 bits per heavy atom. The van der Waals surface area contributed by atoms with Crippen LogP contribution in [0.4, 0.5) is 0 Å². The van der Waals surface area contributed by atoms with Crippen LogP contribution in [-0.2, 0) is 0 Å². The Morgan fingerprint density at radius 3 is 2.07 bits per heavy atom. The van der Waals surface area contributed by atoms with E-state index in [2.05, 4.69) is 0 Å². The number of nitrogens with zero attached hydrogens (tertiary/aromatic N) is 2. The summed E-state index contributed by atoms with van der Waals surface area (Å²) >= 11 is 11.5. The van der Waals surface area contributed by atoms with Crippen molar-refractivity contribution in [2.75, 3.05) is 0 Å². The molecule has 3 nitrogen and oxygen atoms in total. The molecule has 5 heteroatoms. The SMILES string of the molecule is N#CC(C#N)C(=O)c1c(Cl)cccc1Cl. The molecule has 0 aliphatic rings. The van der Waals surface area contributed by atoms with Gasteiger partial charge in [-0.3, -0.25) is 4.79 Å². The molecule has 1 aromatic rings. The Hall–Kier alpha value is -1.55. The zero-order valence-electron chi connectivity index (χ0n) is 7.37. The number of halogens is 2. The molecule has 1 rings (SSSR count). The van der Waals surface area contributed by atoms with E-state index < -0.39 is 11.7 Å². The van der Waals surface area contributed by atoms with Crippen molar-refractivity contribution < 1.29 is 4.79 Å². The number of hydrogen-bond acceptors (Lipinski definition) is 3. The Labute approximate surface area is 96.4 Å². The summed E-state index contributed by atoms with van der Waals surface area (Å²) in [5.74, 6) is -2.04. The third-order valence-corrected chi connectivity index (χ3v) is 2.36. The van der Waals surface area contributed by atoms with Crippen molar-refractivity contribution in [3.05, 3.63) is 33.8 Å². The molecule has 0 radical (unpaired) electrons. The number of carbonyl (C=O) groups is 1. The normalized spacial score (nSPS) is 9.40. The molecule has 0 fully saturated rings. The van der Waals surface area contributed by atoms with Crippen LogP contribution in [0.15, 0.2) is 18.2 Å². The Kier molecular flexibility index (Phi) is 3.68. The van der Waals surface area contributed by atoms with Crippen molar-refractivity contribution >= 4 is 29.0 Å². The van der Waals surface area contributed by atoms with E-state index in [4.69, 9.17) is 33.7 Å². The van der Waals surface area contributed by atoms with Gasteiger partial charge in [0.2, 0.25) is 0 Å². The highest BCUT2D eigenvalue weighted by Gasteiger charge is 2.23. The van der Waals surface area contributed by atoms with Gasteiger partial charge in [0.25, 0.3) is 0 Å². The molecule has 74 valence electrons. The Balaban J connectivity index is 3.25. The number of nitriles is 2. The molecule has 0 bridgehead atoms. The second-order valence-corrected chi connectivity index (χ2v) is 3.47. The van der Waals surface area contributed by atoms with E-state index in [0.717, 1.165) is 0 Å². The molecule has 0 saturated heterocycles. The van der Waals surface area contributed by atoms with E-state index in [9.17, 15) is 4.79 Å². The Morgan fingerprint density at radius 1 is 1.20 bits per heavy atom. The van der Waals surface area contributed by atoms with Crippen LogP contribution >= 0.6 is 23.2 Å². The second-order valence-electron chi connectivity index (χ2n) is 2.65. The van der Waals surface area contributed by atoms with Crippen LogP contribution in [0.5, 0.6) is 0 Å². The number of rotatable bonds is 2. The van der Waals surface area contributed by atoms with E-state index in [1.54, 1.807) is 18.2 Å². The summed E-state index contributed by atoms with van der Waals surface area (Å²) < 4.78 is 0. The van der Waals surface area contributed by atoms with Crippen LogP contribution < -0.4 is 0 Å². The molecular formula is C10H4Cl2N2O. The molecule has 15 heavy (non-hydrogen) atoms. The number of carbonyl (C=O) groups excluding carboxylic acids is 1. The molecule has 0 unspecified atom stereocenters. The van der Waals surface area contributed by atoms with Gasteiger partial charge in [-0.2, -0.15) is 10.5 Å². The quantitative estimate of drug-likeness (QED) is 0.745. The molecule has 0 heterocycles. The monoisotopic (exact) mass is 238 g/mol. The molecule has 0 aliphatic heterocycles. The second kappa shape index (κ2) is 4.79. The van der Waals surface area contributed by atoms with Crippen molar-refractivity contribution in [2.45, 2.75) is 0 Å². The maximum atomic E-state index is 11.6. The number of ketones is 1. The van der Waals surface area contributed by atoms with Gasteiger partial charge in [0.15, 0.2) is 11.7 Å². The summed E-state index contributed by atoms with van der Waals surface area (Å²) in [6, 6.07) is 7.69. The summed E-state index contributed by atoms with van der Waals surface area (Å²) in [7, 11) is 0. The van der Waals surface area contributed by atoms with Crippen LogP contribution in [-0.4, -0.2) is 5.78 Å². The molecule has 0 saturated carbocycles. The van der Waals surface area contributed by atoms with E-state index >= 15 is 0 Å². The van der Waals surface area contributed by atoms with Gasteiger partial charge in [0, 0.05) is 0 Å². The summed E-state index contributed by atoms with van der Waals surface area (Å²) in [5.41, 5.74) is 0.0222. The molecule has 1 aromatic carbocycles.